The van der Waals surface area contributed by atoms with E-state index in [2.05, 4.69) is 25.9 Å². The molecule has 0 bridgehead atoms. The van der Waals surface area contributed by atoms with Crippen LogP contribution in [0.5, 0.6) is 0 Å². The van der Waals surface area contributed by atoms with E-state index in [1.165, 1.54) is 6.33 Å². The van der Waals surface area contributed by atoms with Gasteiger partial charge in [-0.1, -0.05) is 39.1 Å². The average Bonchev–Trinajstić information content (AvgIpc) is 2.16. The monoisotopic (exact) mass is 300 g/mol. The molecule has 1 aromatic rings. The Morgan fingerprint density at radius 2 is 1.79 bits per heavy atom. The summed E-state index contributed by atoms with van der Waals surface area (Å²) in [6.07, 6.45) is -1.02. The second kappa shape index (κ2) is 5.23. The summed E-state index contributed by atoms with van der Waals surface area (Å²) < 4.78 is 0. The van der Waals surface area contributed by atoms with E-state index in [4.69, 9.17) is 23.2 Å². The molecule has 2 N–H and O–H groups in total. The maximum absolute atomic E-state index is 9.62. The summed E-state index contributed by atoms with van der Waals surface area (Å²) in [6.45, 7) is 0. The number of hydrogen-bond acceptors (Lipinski definition) is 4. The van der Waals surface area contributed by atoms with Crippen LogP contribution in [-0.2, 0) is 0 Å². The van der Waals surface area contributed by atoms with Crippen molar-refractivity contribution >= 4 is 39.1 Å². The Bertz CT molecular complexity index is 306. The molecule has 0 aromatic carbocycles. The molecule has 0 spiro atoms. The zero-order valence-corrected chi connectivity index (χ0v) is 9.96. The van der Waals surface area contributed by atoms with Gasteiger partial charge in [-0.15, -0.1) is 0 Å². The van der Waals surface area contributed by atoms with Crippen LogP contribution in [0, 0.1) is 0 Å². The molecular formula is C7H7BrCl2N2O2. The molecule has 0 radical (unpaired) electrons. The highest BCUT2D eigenvalue weighted by atomic mass is 79.9. The van der Waals surface area contributed by atoms with Crippen molar-refractivity contribution in [1.29, 1.82) is 0 Å². The number of rotatable bonds is 3. The first-order chi connectivity index (χ1) is 6.57. The molecular weight excluding hydrogens is 295 g/mol. The molecule has 0 fully saturated rings. The molecule has 78 valence electrons. The lowest BCUT2D eigenvalue weighted by atomic mass is 10.1. The second-order valence-electron chi connectivity index (χ2n) is 2.54. The van der Waals surface area contributed by atoms with Gasteiger partial charge in [0.1, 0.15) is 22.7 Å². The van der Waals surface area contributed by atoms with E-state index in [-0.39, 0.29) is 21.2 Å². The second-order valence-corrected chi connectivity index (χ2v) is 3.90. The Morgan fingerprint density at radius 3 is 2.21 bits per heavy atom. The molecule has 14 heavy (non-hydrogen) atoms. The van der Waals surface area contributed by atoms with Gasteiger partial charge >= 0.3 is 0 Å². The van der Waals surface area contributed by atoms with Crippen molar-refractivity contribution in [3.63, 3.8) is 0 Å². The van der Waals surface area contributed by atoms with E-state index in [9.17, 15) is 10.2 Å². The van der Waals surface area contributed by atoms with Crippen molar-refractivity contribution < 1.29 is 10.2 Å². The Hall–Kier alpha value is 0.0600. The van der Waals surface area contributed by atoms with Crippen LogP contribution in [0.15, 0.2) is 6.33 Å². The van der Waals surface area contributed by atoms with E-state index >= 15 is 0 Å². The number of alkyl halides is 1. The van der Waals surface area contributed by atoms with Gasteiger partial charge in [0.15, 0.2) is 0 Å². The number of aromatic nitrogens is 2. The zero-order chi connectivity index (χ0) is 10.7. The minimum absolute atomic E-state index is 0.0394. The Morgan fingerprint density at radius 1 is 1.29 bits per heavy atom. The predicted molar refractivity (Wildman–Crippen MR) is 56.8 cm³/mol. The molecule has 1 heterocycles. The normalized spacial score (nSPS) is 15.2. The molecule has 0 aliphatic carbocycles. The van der Waals surface area contributed by atoms with Gasteiger partial charge in [-0.2, -0.15) is 0 Å². The Balaban J connectivity index is 3.05. The smallest absolute Gasteiger partial charge is 0.139 e. The maximum atomic E-state index is 9.62. The van der Waals surface area contributed by atoms with Crippen LogP contribution in [0.4, 0.5) is 0 Å². The number of halogens is 3. The van der Waals surface area contributed by atoms with Crippen LogP contribution in [0.1, 0.15) is 11.7 Å². The van der Waals surface area contributed by atoms with Crippen LogP contribution in [-0.4, -0.2) is 31.6 Å². The van der Waals surface area contributed by atoms with Gasteiger partial charge in [-0.3, -0.25) is 0 Å². The van der Waals surface area contributed by atoms with Crippen molar-refractivity contribution in [3.05, 3.63) is 22.2 Å². The molecule has 0 saturated carbocycles. The lowest BCUT2D eigenvalue weighted by Gasteiger charge is -2.16. The van der Waals surface area contributed by atoms with Gasteiger partial charge in [-0.25, -0.2) is 9.97 Å². The molecule has 0 aliphatic rings. The summed E-state index contributed by atoms with van der Waals surface area (Å²) in [5.74, 6) is 0. The highest BCUT2D eigenvalue weighted by Gasteiger charge is 2.23. The number of aliphatic hydroxyl groups is 2. The third-order valence-corrected chi connectivity index (χ3v) is 2.87. The van der Waals surface area contributed by atoms with Crippen LogP contribution in [0.25, 0.3) is 0 Å². The highest BCUT2D eigenvalue weighted by molar-refractivity contribution is 9.09. The average molecular weight is 302 g/mol. The summed E-state index contributed by atoms with van der Waals surface area (Å²) in [6, 6.07) is 0. The number of nitrogens with zero attached hydrogens (tertiary/aromatic N) is 2. The first-order valence-electron chi connectivity index (χ1n) is 3.66. The van der Waals surface area contributed by atoms with Gasteiger partial charge in [0.2, 0.25) is 0 Å². The zero-order valence-electron chi connectivity index (χ0n) is 6.86. The van der Waals surface area contributed by atoms with E-state index in [1.807, 2.05) is 0 Å². The fraction of sp³-hybridized carbons (Fsp3) is 0.429. The third kappa shape index (κ3) is 2.55. The SMILES string of the molecule is OC(CBr)C(O)c1c(Cl)ncnc1Cl. The van der Waals surface area contributed by atoms with Gasteiger partial charge < -0.3 is 10.2 Å². The van der Waals surface area contributed by atoms with Gasteiger partial charge in [0.05, 0.1) is 11.7 Å². The topological polar surface area (TPSA) is 66.2 Å². The molecule has 1 aromatic heterocycles. The fourth-order valence-electron chi connectivity index (χ4n) is 0.875. The molecule has 7 heteroatoms. The van der Waals surface area contributed by atoms with Crippen LogP contribution in [0.3, 0.4) is 0 Å². The van der Waals surface area contributed by atoms with E-state index < -0.39 is 12.2 Å². The molecule has 2 unspecified atom stereocenters. The minimum Gasteiger partial charge on any atom is -0.389 e. The molecule has 0 aliphatic heterocycles. The highest BCUT2D eigenvalue weighted by Crippen LogP contribution is 2.29. The van der Waals surface area contributed by atoms with Crippen LogP contribution >= 0.6 is 39.1 Å². The lowest BCUT2D eigenvalue weighted by molar-refractivity contribution is 0.0339. The standard InChI is InChI=1S/C7H7BrCl2N2O2/c8-1-3(13)5(14)4-6(9)11-2-12-7(4)10/h2-3,5,13-14H,1H2. The predicted octanol–water partition coefficient (Wildman–Crippen LogP) is 1.57. The van der Waals surface area contributed by atoms with Crippen LogP contribution in [0.2, 0.25) is 10.3 Å². The van der Waals surface area contributed by atoms with E-state index in [0.29, 0.717) is 0 Å². The van der Waals surface area contributed by atoms with E-state index in [1.54, 1.807) is 0 Å². The molecule has 0 saturated heterocycles. The minimum atomic E-state index is -1.20. The van der Waals surface area contributed by atoms with Crippen molar-refractivity contribution in [1.82, 2.24) is 9.97 Å². The quantitative estimate of drug-likeness (QED) is 0.657. The maximum Gasteiger partial charge on any atom is 0.139 e. The first-order valence-corrected chi connectivity index (χ1v) is 5.53. The molecule has 1 rings (SSSR count). The largest absolute Gasteiger partial charge is 0.389 e. The number of hydrogen-bond donors (Lipinski definition) is 2. The molecule has 4 nitrogen and oxygen atoms in total. The molecule has 0 amide bonds. The van der Waals surface area contributed by atoms with Crippen LogP contribution < -0.4 is 0 Å². The fourth-order valence-corrected chi connectivity index (χ4v) is 1.77. The summed E-state index contributed by atoms with van der Waals surface area (Å²) in [5.41, 5.74) is 0.141. The Kier molecular flexibility index (Phi) is 4.53. The van der Waals surface area contributed by atoms with Crippen molar-refractivity contribution in [2.45, 2.75) is 12.2 Å². The summed E-state index contributed by atoms with van der Waals surface area (Å²) >= 11 is 14.4. The first kappa shape index (κ1) is 12.1. The van der Waals surface area contributed by atoms with Crippen molar-refractivity contribution in [3.8, 4) is 0 Å². The van der Waals surface area contributed by atoms with Gasteiger partial charge in [-0.05, 0) is 0 Å². The third-order valence-electron chi connectivity index (χ3n) is 1.60. The molecule has 2 atom stereocenters. The Labute approximate surface area is 99.0 Å². The van der Waals surface area contributed by atoms with Gasteiger partial charge in [0, 0.05) is 5.33 Å². The van der Waals surface area contributed by atoms with Gasteiger partial charge in [0.25, 0.3) is 0 Å². The lowest BCUT2D eigenvalue weighted by Crippen LogP contribution is -2.20. The van der Waals surface area contributed by atoms with E-state index in [0.717, 1.165) is 0 Å². The van der Waals surface area contributed by atoms with Crippen molar-refractivity contribution in [2.75, 3.05) is 5.33 Å². The van der Waals surface area contributed by atoms with Crippen molar-refractivity contribution in [2.24, 2.45) is 0 Å². The summed E-state index contributed by atoms with van der Waals surface area (Å²) in [7, 11) is 0. The summed E-state index contributed by atoms with van der Waals surface area (Å²) in [4.78, 5) is 7.32. The summed E-state index contributed by atoms with van der Waals surface area (Å²) in [5, 5.41) is 19.3. The number of aliphatic hydroxyl groups excluding tert-OH is 2.